The van der Waals surface area contributed by atoms with Crippen LogP contribution in [-0.2, 0) is 9.53 Å². The van der Waals surface area contributed by atoms with E-state index in [0.717, 1.165) is 32.1 Å². The zero-order valence-corrected chi connectivity index (χ0v) is 12.3. The molecule has 0 bridgehead atoms. The first-order valence-corrected chi connectivity index (χ1v) is 7.09. The molecule has 0 saturated carbocycles. The van der Waals surface area contributed by atoms with Crippen molar-refractivity contribution in [3.8, 4) is 0 Å². The topological polar surface area (TPSA) is 46.5 Å². The van der Waals surface area contributed by atoms with Crippen LogP contribution in [0.4, 0.5) is 0 Å². The highest BCUT2D eigenvalue weighted by molar-refractivity contribution is 5.81. The van der Waals surface area contributed by atoms with Gasteiger partial charge in [-0.2, -0.15) is 0 Å². The molecule has 0 aromatic heterocycles. The Morgan fingerprint density at radius 2 is 1.78 bits per heavy atom. The minimum Gasteiger partial charge on any atom is -0.463 e. The van der Waals surface area contributed by atoms with Gasteiger partial charge in [-0.3, -0.25) is 0 Å². The van der Waals surface area contributed by atoms with Crippen LogP contribution in [0, 0.1) is 0 Å². The maximum atomic E-state index is 10.3. The van der Waals surface area contributed by atoms with Crippen molar-refractivity contribution in [3.63, 3.8) is 0 Å². The largest absolute Gasteiger partial charge is 0.463 e. The summed E-state index contributed by atoms with van der Waals surface area (Å²) in [6, 6.07) is 0. The van der Waals surface area contributed by atoms with Gasteiger partial charge in [0, 0.05) is 6.08 Å². The maximum Gasteiger partial charge on any atom is 0.330 e. The second kappa shape index (κ2) is 16.2. The summed E-state index contributed by atoms with van der Waals surface area (Å²) in [5.74, 6) is -0.330. The molecule has 0 amide bonds. The second-order valence-electron chi connectivity index (χ2n) is 4.31. The van der Waals surface area contributed by atoms with Gasteiger partial charge in [-0.15, -0.1) is 0 Å². The van der Waals surface area contributed by atoms with Gasteiger partial charge >= 0.3 is 5.97 Å². The Morgan fingerprint density at radius 1 is 1.17 bits per heavy atom. The number of carbonyl (C=O) groups is 1. The van der Waals surface area contributed by atoms with Gasteiger partial charge in [0.1, 0.15) is 0 Å². The van der Waals surface area contributed by atoms with Crippen molar-refractivity contribution in [2.24, 2.45) is 0 Å². The van der Waals surface area contributed by atoms with Gasteiger partial charge in [0.05, 0.1) is 12.7 Å². The van der Waals surface area contributed by atoms with Crippen molar-refractivity contribution >= 4 is 5.97 Å². The summed E-state index contributed by atoms with van der Waals surface area (Å²) < 4.78 is 4.67. The number of esters is 1. The Bertz CT molecular complexity index is 190. The van der Waals surface area contributed by atoms with Gasteiger partial charge in [0.25, 0.3) is 0 Å². The number of carbonyl (C=O) groups excluding carboxylic acids is 1. The molecule has 0 heterocycles. The van der Waals surface area contributed by atoms with E-state index in [-0.39, 0.29) is 12.1 Å². The van der Waals surface area contributed by atoms with Crippen molar-refractivity contribution in [3.05, 3.63) is 12.7 Å². The van der Waals surface area contributed by atoms with Gasteiger partial charge in [-0.1, -0.05) is 53.0 Å². The first-order valence-electron chi connectivity index (χ1n) is 7.09. The Hall–Kier alpha value is -0.830. The summed E-state index contributed by atoms with van der Waals surface area (Å²) in [5.41, 5.74) is 0. The van der Waals surface area contributed by atoms with Crippen molar-refractivity contribution in [1.82, 2.24) is 0 Å². The molecule has 0 saturated heterocycles. The number of aliphatic hydroxyl groups excluding tert-OH is 1. The lowest BCUT2D eigenvalue weighted by Crippen LogP contribution is -2.04. The number of hydrogen-bond acceptors (Lipinski definition) is 3. The van der Waals surface area contributed by atoms with Crippen molar-refractivity contribution < 1.29 is 14.6 Å². The van der Waals surface area contributed by atoms with E-state index in [2.05, 4.69) is 25.2 Å². The highest BCUT2D eigenvalue weighted by Crippen LogP contribution is 2.05. The van der Waals surface area contributed by atoms with Gasteiger partial charge in [0.2, 0.25) is 0 Å². The van der Waals surface area contributed by atoms with Crippen LogP contribution >= 0.6 is 0 Å². The van der Waals surface area contributed by atoms with Gasteiger partial charge in [-0.25, -0.2) is 4.79 Å². The zero-order valence-electron chi connectivity index (χ0n) is 12.3. The minimum atomic E-state index is -0.330. The highest BCUT2D eigenvalue weighted by Gasteiger charge is 1.99. The van der Waals surface area contributed by atoms with E-state index in [4.69, 9.17) is 0 Å². The van der Waals surface area contributed by atoms with E-state index in [0.29, 0.717) is 6.61 Å². The molecule has 1 N–H and O–H groups in total. The first kappa shape index (κ1) is 19.5. The maximum absolute atomic E-state index is 10.3. The first-order chi connectivity index (χ1) is 8.62. The average Bonchev–Trinajstić information content (AvgIpc) is 2.37. The van der Waals surface area contributed by atoms with Crippen LogP contribution in [0.2, 0.25) is 0 Å². The molecule has 0 radical (unpaired) electrons. The standard InChI is InChI=1S/C8H18O.C7H12O2/c1-3-5-7-8(9)6-4-2;1-3-5-6-9-7(8)4-2/h8-9H,3-7H2,1-2H3;4H,2-3,5-6H2,1H3. The zero-order chi connectivity index (χ0) is 14.2. The summed E-state index contributed by atoms with van der Waals surface area (Å²) in [4.78, 5) is 10.3. The van der Waals surface area contributed by atoms with Crippen molar-refractivity contribution in [2.45, 2.75) is 71.8 Å². The molecule has 18 heavy (non-hydrogen) atoms. The van der Waals surface area contributed by atoms with E-state index >= 15 is 0 Å². The van der Waals surface area contributed by atoms with E-state index in [1.807, 2.05) is 6.92 Å². The van der Waals surface area contributed by atoms with E-state index < -0.39 is 0 Å². The molecule has 3 nitrogen and oxygen atoms in total. The van der Waals surface area contributed by atoms with Crippen LogP contribution in [0.3, 0.4) is 0 Å². The van der Waals surface area contributed by atoms with Crippen LogP contribution in [0.25, 0.3) is 0 Å². The third kappa shape index (κ3) is 17.6. The third-order valence-electron chi connectivity index (χ3n) is 2.42. The molecule has 3 heteroatoms. The molecular weight excluding hydrogens is 228 g/mol. The van der Waals surface area contributed by atoms with Crippen LogP contribution in [-0.4, -0.2) is 23.8 Å². The van der Waals surface area contributed by atoms with E-state index in [1.165, 1.54) is 18.9 Å². The average molecular weight is 258 g/mol. The quantitative estimate of drug-likeness (QED) is 0.388. The van der Waals surface area contributed by atoms with Gasteiger partial charge < -0.3 is 9.84 Å². The summed E-state index contributed by atoms with van der Waals surface area (Å²) >= 11 is 0. The molecular formula is C15H30O3. The normalized spacial score (nSPS) is 11.1. The number of aliphatic hydroxyl groups is 1. The van der Waals surface area contributed by atoms with Crippen LogP contribution in [0.1, 0.15) is 65.7 Å². The summed E-state index contributed by atoms with van der Waals surface area (Å²) in [7, 11) is 0. The predicted molar refractivity (Wildman–Crippen MR) is 76.5 cm³/mol. The molecule has 1 unspecified atom stereocenters. The fraction of sp³-hybridized carbons (Fsp3) is 0.800. The minimum absolute atomic E-state index is 0.0325. The Morgan fingerprint density at radius 3 is 2.22 bits per heavy atom. The lowest BCUT2D eigenvalue weighted by molar-refractivity contribution is -0.137. The predicted octanol–water partition coefficient (Wildman–Crippen LogP) is 3.85. The lowest BCUT2D eigenvalue weighted by Gasteiger charge is -2.06. The fourth-order valence-corrected chi connectivity index (χ4v) is 1.29. The molecule has 0 aliphatic rings. The molecule has 108 valence electrons. The van der Waals surface area contributed by atoms with E-state index in [9.17, 15) is 9.90 Å². The smallest absolute Gasteiger partial charge is 0.330 e. The van der Waals surface area contributed by atoms with Crippen LogP contribution in [0.5, 0.6) is 0 Å². The molecule has 0 spiro atoms. The molecule has 0 aliphatic carbocycles. The van der Waals surface area contributed by atoms with Crippen molar-refractivity contribution in [2.75, 3.05) is 6.61 Å². The molecule has 0 fully saturated rings. The van der Waals surface area contributed by atoms with Crippen LogP contribution in [0.15, 0.2) is 12.7 Å². The Labute approximate surface area is 112 Å². The summed E-state index contributed by atoms with van der Waals surface area (Å²) in [5, 5.41) is 9.18. The summed E-state index contributed by atoms with van der Waals surface area (Å²) in [6.45, 7) is 10.1. The van der Waals surface area contributed by atoms with E-state index in [1.54, 1.807) is 0 Å². The highest BCUT2D eigenvalue weighted by atomic mass is 16.5. The molecule has 1 atom stereocenters. The molecule has 0 aliphatic heterocycles. The number of hydrogen-bond donors (Lipinski definition) is 1. The number of unbranched alkanes of at least 4 members (excludes halogenated alkanes) is 2. The Kier molecular flexibility index (Phi) is 17.5. The third-order valence-corrected chi connectivity index (χ3v) is 2.42. The van der Waals surface area contributed by atoms with Gasteiger partial charge in [0.15, 0.2) is 0 Å². The number of rotatable bonds is 9. The Balaban J connectivity index is 0. The van der Waals surface area contributed by atoms with Crippen molar-refractivity contribution in [1.29, 1.82) is 0 Å². The molecule has 0 aromatic carbocycles. The second-order valence-corrected chi connectivity index (χ2v) is 4.31. The monoisotopic (exact) mass is 258 g/mol. The van der Waals surface area contributed by atoms with Crippen LogP contribution < -0.4 is 0 Å². The molecule has 0 rings (SSSR count). The SMILES string of the molecule is C=CC(=O)OCCCC.CCCCC(O)CCC. The van der Waals surface area contributed by atoms with Gasteiger partial charge in [-0.05, 0) is 19.3 Å². The summed E-state index contributed by atoms with van der Waals surface area (Å²) in [6.07, 6.45) is 8.55. The fourth-order valence-electron chi connectivity index (χ4n) is 1.29. The number of ether oxygens (including phenoxy) is 1. The lowest BCUT2D eigenvalue weighted by atomic mass is 10.1. The molecule has 0 aromatic rings.